The van der Waals surface area contributed by atoms with E-state index < -0.39 is 0 Å². The summed E-state index contributed by atoms with van der Waals surface area (Å²) in [4.78, 5) is 2.51. The highest BCUT2D eigenvalue weighted by Crippen LogP contribution is 2.32. The second-order valence-corrected chi connectivity index (χ2v) is 6.63. The van der Waals surface area contributed by atoms with Crippen molar-refractivity contribution in [3.05, 3.63) is 53.9 Å². The molecular weight excluding hydrogens is 308 g/mol. The first-order chi connectivity index (χ1) is 10.7. The average Bonchev–Trinajstić information content (AvgIpc) is 3.15. The van der Waals surface area contributed by atoms with Gasteiger partial charge < -0.3 is 5.73 Å². The molecule has 0 amide bonds. The third-order valence-electron chi connectivity index (χ3n) is 4.64. The minimum Gasteiger partial charge on any atom is -0.330 e. The molecule has 0 saturated carbocycles. The monoisotopic (exact) mass is 334 g/mol. The molecule has 0 spiro atoms. The smallest absolute Gasteiger partial charge is 0.0534 e. The average molecular weight is 335 g/mol. The van der Waals surface area contributed by atoms with E-state index in [9.17, 15) is 0 Å². The molecule has 3 rings (SSSR count). The molecule has 2 heterocycles. The lowest BCUT2D eigenvalue weighted by Gasteiger charge is -2.16. The second-order valence-electron chi connectivity index (χ2n) is 6.63. The van der Waals surface area contributed by atoms with Crippen LogP contribution < -0.4 is 5.73 Å². The summed E-state index contributed by atoms with van der Waals surface area (Å²) < 4.78 is 2.03. The highest BCUT2D eigenvalue weighted by atomic mass is 35.5. The summed E-state index contributed by atoms with van der Waals surface area (Å²) in [6.45, 7) is 8.18. The standard InChI is InChI=1S/C18H26N4.ClH/c1-14(2)22-11-15(9-20-22)10-21-12-17(8-19)18(13-21)16-6-4-3-5-7-16;/h3-7,9,11,14,17-18H,8,10,12-13,19H2,1-2H3;1H/t17-,18+;/m1./s1. The van der Waals surface area contributed by atoms with Crippen LogP contribution in [0.3, 0.4) is 0 Å². The summed E-state index contributed by atoms with van der Waals surface area (Å²) in [5, 5.41) is 4.44. The number of hydrogen-bond donors (Lipinski definition) is 1. The first kappa shape index (κ1) is 18.0. The number of nitrogens with two attached hydrogens (primary N) is 1. The molecule has 1 aliphatic rings. The molecule has 1 aromatic heterocycles. The highest BCUT2D eigenvalue weighted by Gasteiger charge is 2.32. The van der Waals surface area contributed by atoms with Gasteiger partial charge in [0.05, 0.1) is 6.20 Å². The van der Waals surface area contributed by atoms with E-state index in [4.69, 9.17) is 5.73 Å². The van der Waals surface area contributed by atoms with Gasteiger partial charge in [0.2, 0.25) is 0 Å². The van der Waals surface area contributed by atoms with Gasteiger partial charge in [0.1, 0.15) is 0 Å². The van der Waals surface area contributed by atoms with Crippen LogP contribution >= 0.6 is 12.4 Å². The Kier molecular flexibility index (Phi) is 6.22. The topological polar surface area (TPSA) is 47.1 Å². The Bertz CT molecular complexity index is 596. The minimum absolute atomic E-state index is 0. The summed E-state index contributed by atoms with van der Waals surface area (Å²) in [7, 11) is 0. The fourth-order valence-electron chi connectivity index (χ4n) is 3.41. The first-order valence-electron chi connectivity index (χ1n) is 8.17. The number of rotatable bonds is 5. The van der Waals surface area contributed by atoms with E-state index >= 15 is 0 Å². The van der Waals surface area contributed by atoms with Gasteiger partial charge in [-0.2, -0.15) is 5.10 Å². The highest BCUT2D eigenvalue weighted by molar-refractivity contribution is 5.85. The van der Waals surface area contributed by atoms with Crippen molar-refractivity contribution < 1.29 is 0 Å². The number of halogens is 1. The second kappa shape index (κ2) is 7.95. The van der Waals surface area contributed by atoms with E-state index in [0.29, 0.717) is 17.9 Å². The summed E-state index contributed by atoms with van der Waals surface area (Å²) >= 11 is 0. The maximum atomic E-state index is 6.02. The lowest BCUT2D eigenvalue weighted by molar-refractivity contribution is 0.316. The summed E-state index contributed by atoms with van der Waals surface area (Å²) in [5.74, 6) is 1.09. The molecular formula is C18H27ClN4. The van der Waals surface area contributed by atoms with Crippen LogP contribution in [0.25, 0.3) is 0 Å². The number of benzene rings is 1. The normalized spacial score (nSPS) is 21.6. The lowest BCUT2D eigenvalue weighted by atomic mass is 9.89. The van der Waals surface area contributed by atoms with E-state index in [1.54, 1.807) is 0 Å². The Morgan fingerprint density at radius 3 is 2.57 bits per heavy atom. The molecule has 1 aromatic carbocycles. The number of nitrogens with zero attached hydrogens (tertiary/aromatic N) is 3. The van der Waals surface area contributed by atoms with Crippen molar-refractivity contribution in [3.63, 3.8) is 0 Å². The molecule has 0 aliphatic carbocycles. The zero-order chi connectivity index (χ0) is 15.5. The Morgan fingerprint density at radius 1 is 1.22 bits per heavy atom. The van der Waals surface area contributed by atoms with E-state index in [-0.39, 0.29) is 12.4 Å². The Hall–Kier alpha value is -1.36. The molecule has 2 atom stereocenters. The third kappa shape index (κ3) is 4.14. The van der Waals surface area contributed by atoms with Gasteiger partial charge >= 0.3 is 0 Å². The first-order valence-corrected chi connectivity index (χ1v) is 8.17. The van der Waals surface area contributed by atoms with E-state index in [0.717, 1.165) is 26.2 Å². The van der Waals surface area contributed by atoms with Gasteiger partial charge in [-0.05, 0) is 31.9 Å². The third-order valence-corrected chi connectivity index (χ3v) is 4.64. The van der Waals surface area contributed by atoms with Crippen molar-refractivity contribution in [2.75, 3.05) is 19.6 Å². The zero-order valence-corrected chi connectivity index (χ0v) is 14.7. The predicted octanol–water partition coefficient (Wildman–Crippen LogP) is 3.06. The molecule has 1 aliphatic heterocycles. The maximum absolute atomic E-state index is 6.02. The molecule has 4 nitrogen and oxygen atoms in total. The van der Waals surface area contributed by atoms with Crippen LogP contribution in [-0.2, 0) is 6.54 Å². The fraction of sp³-hybridized carbons (Fsp3) is 0.500. The fourth-order valence-corrected chi connectivity index (χ4v) is 3.41. The zero-order valence-electron chi connectivity index (χ0n) is 13.9. The predicted molar refractivity (Wildman–Crippen MR) is 96.9 cm³/mol. The van der Waals surface area contributed by atoms with Crippen LogP contribution in [0.1, 0.15) is 36.9 Å². The van der Waals surface area contributed by atoms with Crippen molar-refractivity contribution in [2.24, 2.45) is 11.7 Å². The Labute approximate surface area is 145 Å². The molecule has 2 N–H and O–H groups in total. The molecule has 0 unspecified atom stereocenters. The summed E-state index contributed by atoms with van der Waals surface area (Å²) in [6.07, 6.45) is 4.16. The largest absolute Gasteiger partial charge is 0.330 e. The number of aromatic nitrogens is 2. The van der Waals surface area contributed by atoms with Crippen molar-refractivity contribution >= 4 is 12.4 Å². The van der Waals surface area contributed by atoms with Gasteiger partial charge in [0.15, 0.2) is 0 Å². The molecule has 0 radical (unpaired) electrons. The molecule has 126 valence electrons. The van der Waals surface area contributed by atoms with Crippen molar-refractivity contribution in [1.29, 1.82) is 0 Å². The van der Waals surface area contributed by atoms with E-state index in [1.165, 1.54) is 11.1 Å². The van der Waals surface area contributed by atoms with Gasteiger partial charge in [0.25, 0.3) is 0 Å². The summed E-state index contributed by atoms with van der Waals surface area (Å²) in [5.41, 5.74) is 8.72. The van der Waals surface area contributed by atoms with Crippen LogP contribution in [0, 0.1) is 5.92 Å². The van der Waals surface area contributed by atoms with Gasteiger partial charge in [-0.3, -0.25) is 9.58 Å². The summed E-state index contributed by atoms with van der Waals surface area (Å²) in [6, 6.07) is 11.2. The maximum Gasteiger partial charge on any atom is 0.0534 e. The molecule has 23 heavy (non-hydrogen) atoms. The lowest BCUT2D eigenvalue weighted by Crippen LogP contribution is -2.23. The number of hydrogen-bond acceptors (Lipinski definition) is 3. The molecule has 0 bridgehead atoms. The van der Waals surface area contributed by atoms with E-state index in [1.807, 2.05) is 10.9 Å². The van der Waals surface area contributed by atoms with Crippen LogP contribution in [0.5, 0.6) is 0 Å². The minimum atomic E-state index is 0. The van der Waals surface area contributed by atoms with Gasteiger partial charge in [-0.1, -0.05) is 30.3 Å². The Balaban J connectivity index is 0.00000192. The van der Waals surface area contributed by atoms with Crippen LogP contribution in [0.2, 0.25) is 0 Å². The SMILES string of the molecule is CC(C)n1cc(CN2C[C@@H](CN)[C@H](c3ccccc3)C2)cn1.Cl. The molecule has 5 heteroatoms. The Morgan fingerprint density at radius 2 is 1.96 bits per heavy atom. The van der Waals surface area contributed by atoms with E-state index in [2.05, 4.69) is 60.4 Å². The van der Waals surface area contributed by atoms with Crippen LogP contribution in [-0.4, -0.2) is 34.3 Å². The van der Waals surface area contributed by atoms with Crippen LogP contribution in [0.4, 0.5) is 0 Å². The van der Waals surface area contributed by atoms with Gasteiger partial charge in [0, 0.05) is 43.4 Å². The van der Waals surface area contributed by atoms with Crippen LogP contribution in [0.15, 0.2) is 42.7 Å². The number of likely N-dealkylation sites (tertiary alicyclic amines) is 1. The molecule has 1 saturated heterocycles. The molecule has 2 aromatic rings. The van der Waals surface area contributed by atoms with Gasteiger partial charge in [-0.25, -0.2) is 0 Å². The van der Waals surface area contributed by atoms with Gasteiger partial charge in [-0.15, -0.1) is 12.4 Å². The van der Waals surface area contributed by atoms with Crippen molar-refractivity contribution in [3.8, 4) is 0 Å². The molecule has 1 fully saturated rings. The quantitative estimate of drug-likeness (QED) is 0.914. The van der Waals surface area contributed by atoms with Crippen molar-refractivity contribution in [1.82, 2.24) is 14.7 Å². The van der Waals surface area contributed by atoms with Crippen molar-refractivity contribution in [2.45, 2.75) is 32.4 Å².